The van der Waals surface area contributed by atoms with Crippen LogP contribution in [0.5, 0.6) is 0 Å². The van der Waals surface area contributed by atoms with Crippen LogP contribution in [0.25, 0.3) is 17.2 Å². The highest BCUT2D eigenvalue weighted by Crippen LogP contribution is 2.27. The average molecular weight is 538 g/mol. The van der Waals surface area contributed by atoms with Crippen LogP contribution in [0.15, 0.2) is 97.1 Å². The van der Waals surface area contributed by atoms with Crippen molar-refractivity contribution < 1.29 is 18.7 Å². The lowest BCUT2D eigenvalue weighted by molar-refractivity contribution is -0.134. The first-order valence-electron chi connectivity index (χ1n) is 12.6. The zero-order valence-electron chi connectivity index (χ0n) is 22.7. The minimum absolute atomic E-state index is 0.287. The average Bonchev–Trinajstić information content (AvgIpc) is 3.01. The monoisotopic (exact) mass is 537 g/mol. The van der Waals surface area contributed by atoms with Gasteiger partial charge in [0.2, 0.25) is 0 Å². The van der Waals surface area contributed by atoms with Crippen LogP contribution in [0.3, 0.4) is 0 Å². The SMILES string of the molecule is CNc1ccc(-c2ccc(CN(C)c3cccc(/C=C/C(=O)OC)c3)c(F)c2)cc1C=N.O=Cc1ccccc1. The van der Waals surface area contributed by atoms with E-state index in [1.54, 1.807) is 31.3 Å². The molecule has 0 fully saturated rings. The van der Waals surface area contributed by atoms with Crippen molar-refractivity contribution in [1.29, 1.82) is 5.41 Å². The highest BCUT2D eigenvalue weighted by Gasteiger charge is 2.10. The maximum Gasteiger partial charge on any atom is 0.330 e. The molecule has 0 unspecified atom stereocenters. The second kappa shape index (κ2) is 14.8. The molecule has 0 atom stereocenters. The molecule has 0 heterocycles. The number of nitrogens with zero attached hydrogens (tertiary/aromatic N) is 1. The summed E-state index contributed by atoms with van der Waals surface area (Å²) in [4.78, 5) is 23.3. The number of methoxy groups -OCH3 is 1. The van der Waals surface area contributed by atoms with Crippen LogP contribution in [0.4, 0.5) is 15.8 Å². The Labute approximate surface area is 234 Å². The summed E-state index contributed by atoms with van der Waals surface area (Å²) in [7, 11) is 5.03. The number of ether oxygens (including phenoxy) is 1. The minimum Gasteiger partial charge on any atom is -0.466 e. The summed E-state index contributed by atoms with van der Waals surface area (Å²) >= 11 is 0. The Bertz CT molecular complexity index is 1490. The first-order valence-corrected chi connectivity index (χ1v) is 12.6. The number of hydrogen-bond acceptors (Lipinski definition) is 6. The second-order valence-electron chi connectivity index (χ2n) is 8.84. The van der Waals surface area contributed by atoms with Crippen LogP contribution >= 0.6 is 0 Å². The number of halogens is 1. The van der Waals surface area contributed by atoms with E-state index in [-0.39, 0.29) is 5.82 Å². The Morgan fingerprint density at radius 2 is 1.65 bits per heavy atom. The molecule has 4 rings (SSSR count). The van der Waals surface area contributed by atoms with Gasteiger partial charge < -0.3 is 20.4 Å². The number of nitrogens with one attached hydrogen (secondary N) is 2. The number of esters is 1. The van der Waals surface area contributed by atoms with E-state index in [9.17, 15) is 14.0 Å². The fraction of sp³-hybridized carbons (Fsp3) is 0.121. The van der Waals surface area contributed by atoms with Crippen molar-refractivity contribution in [1.82, 2.24) is 0 Å². The molecule has 0 amide bonds. The topological polar surface area (TPSA) is 82.5 Å². The third kappa shape index (κ3) is 8.23. The Balaban J connectivity index is 0.000000472. The van der Waals surface area contributed by atoms with Gasteiger partial charge in [-0.1, -0.05) is 60.7 Å². The van der Waals surface area contributed by atoms with E-state index in [2.05, 4.69) is 10.1 Å². The molecule has 40 heavy (non-hydrogen) atoms. The summed E-state index contributed by atoms with van der Waals surface area (Å²) in [5.41, 5.74) is 6.27. The van der Waals surface area contributed by atoms with Crippen LogP contribution < -0.4 is 10.2 Å². The van der Waals surface area contributed by atoms with Gasteiger partial charge in [0.1, 0.15) is 12.1 Å². The zero-order valence-corrected chi connectivity index (χ0v) is 22.7. The van der Waals surface area contributed by atoms with Crippen LogP contribution in [-0.4, -0.2) is 39.7 Å². The van der Waals surface area contributed by atoms with Crippen LogP contribution in [0, 0.1) is 11.2 Å². The first-order chi connectivity index (χ1) is 19.4. The zero-order chi connectivity index (χ0) is 28.9. The molecule has 0 saturated carbocycles. The summed E-state index contributed by atoms with van der Waals surface area (Å²) in [6.07, 6.45) is 5.16. The van der Waals surface area contributed by atoms with Gasteiger partial charge in [-0.3, -0.25) is 4.79 Å². The molecule has 0 saturated heterocycles. The molecule has 7 heteroatoms. The smallest absolute Gasteiger partial charge is 0.330 e. The predicted molar refractivity (Wildman–Crippen MR) is 161 cm³/mol. The largest absolute Gasteiger partial charge is 0.466 e. The van der Waals surface area contributed by atoms with Crippen molar-refractivity contribution in [2.24, 2.45) is 0 Å². The van der Waals surface area contributed by atoms with Crippen molar-refractivity contribution in [2.45, 2.75) is 6.54 Å². The maximum absolute atomic E-state index is 14.9. The van der Waals surface area contributed by atoms with Crippen molar-refractivity contribution >= 4 is 35.9 Å². The summed E-state index contributed by atoms with van der Waals surface area (Å²) in [5.74, 6) is -0.704. The molecule has 4 aromatic rings. The molecule has 0 radical (unpaired) electrons. The van der Waals surface area contributed by atoms with Crippen molar-refractivity contribution in [3.8, 4) is 11.1 Å². The van der Waals surface area contributed by atoms with E-state index >= 15 is 0 Å². The van der Waals surface area contributed by atoms with E-state index in [4.69, 9.17) is 5.41 Å². The van der Waals surface area contributed by atoms with E-state index in [0.717, 1.165) is 45.5 Å². The summed E-state index contributed by atoms with van der Waals surface area (Å²) in [6.45, 7) is 0.390. The van der Waals surface area contributed by atoms with E-state index in [1.807, 2.05) is 78.7 Å². The van der Waals surface area contributed by atoms with Gasteiger partial charge in [0.25, 0.3) is 0 Å². The first kappa shape index (κ1) is 29.5. The quantitative estimate of drug-likeness (QED) is 0.106. The van der Waals surface area contributed by atoms with Gasteiger partial charge in [0, 0.05) is 61.0 Å². The summed E-state index contributed by atoms with van der Waals surface area (Å²) < 4.78 is 19.5. The minimum atomic E-state index is -0.417. The van der Waals surface area contributed by atoms with E-state index in [1.165, 1.54) is 25.5 Å². The molecule has 0 spiro atoms. The van der Waals surface area contributed by atoms with Gasteiger partial charge in [0.05, 0.1) is 7.11 Å². The standard InChI is InChI=1S/C26H26FN3O2.C7H6O/c1-29-25-11-10-19(14-22(25)16-28)20-8-9-21(24(27)15-20)17-30(2)23-6-4-5-18(13-23)7-12-26(31)32-3;8-6-7-4-2-1-3-5-7/h4-16,28-29H,17H2,1-3H3;1-6H/b12-7+,28-16?;. The Morgan fingerprint density at radius 1 is 0.950 bits per heavy atom. The summed E-state index contributed by atoms with van der Waals surface area (Å²) in [6, 6.07) is 27.6. The van der Waals surface area contributed by atoms with Crippen molar-refractivity contribution in [3.05, 3.63) is 125 Å². The van der Waals surface area contributed by atoms with E-state index < -0.39 is 5.97 Å². The Morgan fingerprint density at radius 3 is 2.27 bits per heavy atom. The Kier molecular flexibility index (Phi) is 10.9. The normalized spacial score (nSPS) is 10.3. The Hall–Kier alpha value is -5.04. The fourth-order valence-corrected chi connectivity index (χ4v) is 3.92. The number of anilines is 2. The molecular formula is C33H32FN3O3. The number of hydrogen-bond donors (Lipinski definition) is 2. The molecule has 6 nitrogen and oxygen atoms in total. The van der Waals surface area contributed by atoms with Gasteiger partial charge in [-0.25, -0.2) is 9.18 Å². The van der Waals surface area contributed by atoms with Crippen LogP contribution in [-0.2, 0) is 16.1 Å². The number of benzene rings is 4. The van der Waals surface area contributed by atoms with Gasteiger partial charge in [-0.05, 0) is 53.1 Å². The lowest BCUT2D eigenvalue weighted by atomic mass is 10.0. The van der Waals surface area contributed by atoms with Crippen LogP contribution in [0.1, 0.15) is 27.0 Å². The van der Waals surface area contributed by atoms with E-state index in [0.29, 0.717) is 12.1 Å². The third-order valence-electron chi connectivity index (χ3n) is 6.13. The fourth-order valence-electron chi connectivity index (χ4n) is 3.92. The molecular weight excluding hydrogens is 505 g/mol. The number of aldehydes is 1. The maximum atomic E-state index is 14.9. The van der Waals surface area contributed by atoms with Crippen molar-refractivity contribution in [3.63, 3.8) is 0 Å². The van der Waals surface area contributed by atoms with Gasteiger partial charge >= 0.3 is 5.97 Å². The lowest BCUT2D eigenvalue weighted by Gasteiger charge is -2.20. The van der Waals surface area contributed by atoms with Gasteiger partial charge in [0.15, 0.2) is 0 Å². The molecule has 0 bridgehead atoms. The molecule has 204 valence electrons. The molecule has 0 aliphatic carbocycles. The molecule has 0 aromatic heterocycles. The number of carbonyl (C=O) groups is 2. The van der Waals surface area contributed by atoms with Crippen molar-refractivity contribution in [2.75, 3.05) is 31.4 Å². The van der Waals surface area contributed by atoms with Crippen LogP contribution in [0.2, 0.25) is 0 Å². The van der Waals surface area contributed by atoms with Gasteiger partial charge in [-0.15, -0.1) is 0 Å². The second-order valence-corrected chi connectivity index (χ2v) is 8.84. The molecule has 2 N–H and O–H groups in total. The third-order valence-corrected chi connectivity index (χ3v) is 6.13. The molecule has 0 aliphatic heterocycles. The number of rotatable bonds is 9. The van der Waals surface area contributed by atoms with Gasteiger partial charge in [-0.2, -0.15) is 0 Å². The molecule has 4 aromatic carbocycles. The predicted octanol–water partition coefficient (Wildman–Crippen LogP) is 6.85. The highest BCUT2D eigenvalue weighted by molar-refractivity contribution is 5.88. The lowest BCUT2D eigenvalue weighted by Crippen LogP contribution is -2.17. The number of carbonyl (C=O) groups excluding carboxylic acids is 2. The summed E-state index contributed by atoms with van der Waals surface area (Å²) in [5, 5.41) is 10.6. The molecule has 0 aliphatic rings. The highest BCUT2D eigenvalue weighted by atomic mass is 19.1.